The van der Waals surface area contributed by atoms with Crippen LogP contribution in [0.3, 0.4) is 0 Å². The third kappa shape index (κ3) is 3.67. The van der Waals surface area contributed by atoms with Gasteiger partial charge in [0.05, 0.1) is 26.4 Å². The summed E-state index contributed by atoms with van der Waals surface area (Å²) in [5.74, 6) is 1.65. The number of ether oxygens (including phenoxy) is 3. The summed E-state index contributed by atoms with van der Waals surface area (Å²) in [5.41, 5.74) is 6.57. The molecule has 18 heavy (non-hydrogen) atoms. The highest BCUT2D eigenvalue weighted by Gasteiger charge is 2.47. The third-order valence-corrected chi connectivity index (χ3v) is 4.54. The first kappa shape index (κ1) is 14.3. The predicted molar refractivity (Wildman–Crippen MR) is 70.5 cm³/mol. The molecule has 2 fully saturated rings. The van der Waals surface area contributed by atoms with Gasteiger partial charge in [0.2, 0.25) is 0 Å². The van der Waals surface area contributed by atoms with E-state index in [4.69, 9.17) is 19.9 Å². The van der Waals surface area contributed by atoms with Crippen molar-refractivity contribution in [2.24, 2.45) is 17.6 Å². The van der Waals surface area contributed by atoms with Crippen molar-refractivity contribution in [3.63, 3.8) is 0 Å². The fraction of sp³-hybridized carbons (Fsp3) is 1.00. The lowest BCUT2D eigenvalue weighted by molar-refractivity contribution is 0.0186. The van der Waals surface area contributed by atoms with Gasteiger partial charge in [0.25, 0.3) is 0 Å². The molecule has 106 valence electrons. The van der Waals surface area contributed by atoms with E-state index >= 15 is 0 Å². The Kier molecular flexibility index (Phi) is 5.42. The van der Waals surface area contributed by atoms with Gasteiger partial charge in [-0.25, -0.2) is 0 Å². The normalized spacial score (nSPS) is 34.3. The minimum Gasteiger partial charge on any atom is -0.382 e. The van der Waals surface area contributed by atoms with Crippen LogP contribution in [-0.2, 0) is 14.2 Å². The summed E-state index contributed by atoms with van der Waals surface area (Å²) in [7, 11) is 1.68. The van der Waals surface area contributed by atoms with E-state index in [1.165, 1.54) is 25.7 Å². The fourth-order valence-corrected chi connectivity index (χ4v) is 3.52. The van der Waals surface area contributed by atoms with Gasteiger partial charge >= 0.3 is 0 Å². The average molecular weight is 257 g/mol. The monoisotopic (exact) mass is 257 g/mol. The lowest BCUT2D eigenvalue weighted by atomic mass is 9.80. The van der Waals surface area contributed by atoms with Crippen LogP contribution in [0.2, 0.25) is 0 Å². The van der Waals surface area contributed by atoms with Crippen LogP contribution in [0.1, 0.15) is 32.1 Å². The zero-order chi connectivity index (χ0) is 12.8. The van der Waals surface area contributed by atoms with Gasteiger partial charge in [-0.3, -0.25) is 0 Å². The van der Waals surface area contributed by atoms with Crippen LogP contribution in [0.5, 0.6) is 0 Å². The second-order valence-electron chi connectivity index (χ2n) is 5.78. The molecule has 2 aliphatic carbocycles. The highest BCUT2D eigenvalue weighted by Crippen LogP contribution is 2.50. The van der Waals surface area contributed by atoms with Crippen molar-refractivity contribution in [3.05, 3.63) is 0 Å². The number of hydrogen-bond donors (Lipinski definition) is 1. The number of methoxy groups -OCH3 is 1. The highest BCUT2D eigenvalue weighted by atomic mass is 16.5. The van der Waals surface area contributed by atoms with E-state index in [1.54, 1.807) is 7.11 Å². The van der Waals surface area contributed by atoms with Crippen LogP contribution < -0.4 is 5.73 Å². The van der Waals surface area contributed by atoms with Crippen LogP contribution in [0.15, 0.2) is 0 Å². The first-order chi connectivity index (χ1) is 8.74. The summed E-state index contributed by atoms with van der Waals surface area (Å²) in [6.45, 7) is 3.37. The summed E-state index contributed by atoms with van der Waals surface area (Å²) >= 11 is 0. The molecule has 0 heterocycles. The number of rotatable bonds is 9. The average Bonchev–Trinajstić information content (AvgIpc) is 2.92. The van der Waals surface area contributed by atoms with Gasteiger partial charge < -0.3 is 19.9 Å². The molecule has 2 rings (SSSR count). The Labute approximate surface area is 110 Å². The highest BCUT2D eigenvalue weighted by molar-refractivity contribution is 5.04. The van der Waals surface area contributed by atoms with E-state index < -0.39 is 0 Å². The molecule has 2 bridgehead atoms. The first-order valence-corrected chi connectivity index (χ1v) is 7.18. The molecule has 0 spiro atoms. The van der Waals surface area contributed by atoms with Crippen molar-refractivity contribution in [3.8, 4) is 0 Å². The molecular weight excluding hydrogens is 230 g/mol. The maximum absolute atomic E-state index is 6.50. The van der Waals surface area contributed by atoms with Crippen molar-refractivity contribution in [1.29, 1.82) is 0 Å². The van der Waals surface area contributed by atoms with E-state index in [9.17, 15) is 0 Å². The minimum atomic E-state index is 0.0693. The maximum Gasteiger partial charge on any atom is 0.0701 e. The predicted octanol–water partition coefficient (Wildman–Crippen LogP) is 1.57. The van der Waals surface area contributed by atoms with Crippen molar-refractivity contribution in [2.75, 3.05) is 40.1 Å². The van der Waals surface area contributed by atoms with E-state index in [1.807, 2.05) is 0 Å². The Bertz CT molecular complexity index is 249. The number of nitrogens with two attached hydrogens (primary N) is 1. The van der Waals surface area contributed by atoms with Crippen molar-refractivity contribution >= 4 is 0 Å². The Balaban J connectivity index is 1.48. The zero-order valence-electron chi connectivity index (χ0n) is 11.5. The largest absolute Gasteiger partial charge is 0.382 e. The molecule has 0 aromatic carbocycles. The fourth-order valence-electron chi connectivity index (χ4n) is 3.52. The lowest BCUT2D eigenvalue weighted by Crippen LogP contribution is -2.45. The molecule has 0 aromatic rings. The van der Waals surface area contributed by atoms with Crippen molar-refractivity contribution < 1.29 is 14.2 Å². The molecule has 2 aliphatic rings. The number of hydrogen-bond acceptors (Lipinski definition) is 4. The lowest BCUT2D eigenvalue weighted by Gasteiger charge is -2.33. The Morgan fingerprint density at radius 1 is 1.06 bits per heavy atom. The second-order valence-corrected chi connectivity index (χ2v) is 5.78. The molecule has 2 saturated carbocycles. The van der Waals surface area contributed by atoms with Crippen LogP contribution in [0, 0.1) is 11.8 Å². The summed E-state index contributed by atoms with van der Waals surface area (Å²) in [6, 6.07) is 0. The smallest absolute Gasteiger partial charge is 0.0701 e. The summed E-state index contributed by atoms with van der Waals surface area (Å²) in [5, 5.41) is 0. The molecule has 3 unspecified atom stereocenters. The van der Waals surface area contributed by atoms with Gasteiger partial charge in [-0.2, -0.15) is 0 Å². The summed E-state index contributed by atoms with van der Waals surface area (Å²) in [4.78, 5) is 0. The molecule has 0 saturated heterocycles. The second kappa shape index (κ2) is 6.85. The van der Waals surface area contributed by atoms with E-state index in [0.717, 1.165) is 24.9 Å². The minimum absolute atomic E-state index is 0.0693. The van der Waals surface area contributed by atoms with Crippen LogP contribution in [-0.4, -0.2) is 45.7 Å². The maximum atomic E-state index is 6.50. The zero-order valence-corrected chi connectivity index (χ0v) is 11.5. The summed E-state index contributed by atoms with van der Waals surface area (Å²) < 4.78 is 15.8. The molecule has 0 aliphatic heterocycles. The quantitative estimate of drug-likeness (QED) is 0.637. The standard InChI is InChI=1S/C14H27NO3/c1-16-6-7-18-9-8-17-5-4-14(15)11-12-2-3-13(14)10-12/h12-13H,2-11,15H2,1H3. The Morgan fingerprint density at radius 2 is 1.78 bits per heavy atom. The number of fused-ring (bicyclic) bond motifs is 2. The van der Waals surface area contributed by atoms with Crippen LogP contribution in [0.25, 0.3) is 0 Å². The SMILES string of the molecule is COCCOCCOCCC1(N)CC2CCC1C2. The van der Waals surface area contributed by atoms with Crippen molar-refractivity contribution in [1.82, 2.24) is 0 Å². The van der Waals surface area contributed by atoms with E-state index in [0.29, 0.717) is 26.4 Å². The Morgan fingerprint density at radius 3 is 2.39 bits per heavy atom. The molecule has 0 radical (unpaired) electrons. The molecule has 3 atom stereocenters. The summed E-state index contributed by atoms with van der Waals surface area (Å²) in [6.07, 6.45) is 6.31. The van der Waals surface area contributed by atoms with Gasteiger partial charge in [-0.05, 0) is 37.5 Å². The van der Waals surface area contributed by atoms with Crippen LogP contribution in [0.4, 0.5) is 0 Å². The topological polar surface area (TPSA) is 53.7 Å². The third-order valence-electron chi connectivity index (χ3n) is 4.54. The van der Waals surface area contributed by atoms with E-state index in [2.05, 4.69) is 0 Å². The van der Waals surface area contributed by atoms with Gasteiger partial charge in [0.1, 0.15) is 0 Å². The van der Waals surface area contributed by atoms with Gasteiger partial charge in [-0.15, -0.1) is 0 Å². The van der Waals surface area contributed by atoms with Gasteiger partial charge in [0.15, 0.2) is 0 Å². The first-order valence-electron chi connectivity index (χ1n) is 7.18. The molecule has 0 amide bonds. The molecule has 4 nitrogen and oxygen atoms in total. The van der Waals surface area contributed by atoms with Gasteiger partial charge in [-0.1, -0.05) is 6.42 Å². The van der Waals surface area contributed by atoms with Gasteiger partial charge in [0, 0.05) is 19.3 Å². The molecule has 4 heteroatoms. The molecular formula is C14H27NO3. The molecule has 2 N–H and O–H groups in total. The molecule has 0 aromatic heterocycles. The Hall–Kier alpha value is -0.160. The van der Waals surface area contributed by atoms with Crippen molar-refractivity contribution in [2.45, 2.75) is 37.6 Å². The van der Waals surface area contributed by atoms with Crippen LogP contribution >= 0.6 is 0 Å². The van der Waals surface area contributed by atoms with E-state index in [-0.39, 0.29) is 5.54 Å².